The van der Waals surface area contributed by atoms with E-state index in [4.69, 9.17) is 14.5 Å². The number of carbonyl (C=O) groups excluding carboxylic acids is 1. The van der Waals surface area contributed by atoms with Crippen LogP contribution in [0.1, 0.15) is 64.1 Å². The van der Waals surface area contributed by atoms with Gasteiger partial charge in [-0.05, 0) is 76.8 Å². The summed E-state index contributed by atoms with van der Waals surface area (Å²) in [7, 11) is 0. The zero-order valence-electron chi connectivity index (χ0n) is 18.8. The van der Waals surface area contributed by atoms with E-state index < -0.39 is 23.7 Å². The average Bonchev–Trinajstić information content (AvgIpc) is 2.66. The molecule has 3 rings (SSSR count). The van der Waals surface area contributed by atoms with Crippen LogP contribution in [0, 0.1) is 5.92 Å². The second kappa shape index (κ2) is 10.3. The summed E-state index contributed by atoms with van der Waals surface area (Å²) in [6.45, 7) is 6.49. The maximum atomic E-state index is 11.8. The molecule has 0 spiro atoms. The minimum Gasteiger partial charge on any atom is -0.480 e. The number of amides is 1. The fourth-order valence-corrected chi connectivity index (χ4v) is 3.97. The third kappa shape index (κ3) is 7.38. The number of aromatic nitrogens is 1. The lowest BCUT2D eigenvalue weighted by Crippen LogP contribution is -2.44. The summed E-state index contributed by atoms with van der Waals surface area (Å²) in [5.41, 5.74) is 1.78. The zero-order valence-corrected chi connectivity index (χ0v) is 18.8. The van der Waals surface area contributed by atoms with Crippen LogP contribution in [-0.2, 0) is 27.1 Å². The highest BCUT2D eigenvalue weighted by atomic mass is 16.6. The Balaban J connectivity index is 1.31. The molecule has 1 fully saturated rings. The van der Waals surface area contributed by atoms with E-state index in [1.54, 1.807) is 20.8 Å². The van der Waals surface area contributed by atoms with Crippen LogP contribution in [0.25, 0.3) is 0 Å². The van der Waals surface area contributed by atoms with E-state index in [2.05, 4.69) is 22.8 Å². The van der Waals surface area contributed by atoms with Gasteiger partial charge >= 0.3 is 12.1 Å². The van der Waals surface area contributed by atoms with Crippen LogP contribution in [-0.4, -0.2) is 53.1 Å². The molecule has 0 aromatic carbocycles. The number of aryl methyl sites for hydroxylation is 2. The summed E-state index contributed by atoms with van der Waals surface area (Å²) in [5, 5.41) is 15.1. The van der Waals surface area contributed by atoms with Crippen LogP contribution in [0.15, 0.2) is 12.1 Å². The molecule has 8 nitrogen and oxygen atoms in total. The first-order chi connectivity index (χ1) is 14.7. The lowest BCUT2D eigenvalue weighted by atomic mass is 9.79. The summed E-state index contributed by atoms with van der Waals surface area (Å²) in [4.78, 5) is 27.9. The van der Waals surface area contributed by atoms with Crippen LogP contribution in [0.3, 0.4) is 0 Å². The zero-order chi connectivity index (χ0) is 22.4. The predicted octanol–water partition coefficient (Wildman–Crippen LogP) is 3.54. The molecule has 2 aliphatic rings. The van der Waals surface area contributed by atoms with Crippen LogP contribution >= 0.6 is 0 Å². The Kier molecular flexibility index (Phi) is 7.75. The van der Waals surface area contributed by atoms with E-state index in [1.165, 1.54) is 12.0 Å². The number of carboxylic acid groups (broad SMARTS) is 1. The molecular weight excluding hydrogens is 398 g/mol. The maximum Gasteiger partial charge on any atom is 0.408 e. The van der Waals surface area contributed by atoms with Crippen molar-refractivity contribution in [2.24, 2.45) is 5.92 Å². The monoisotopic (exact) mass is 433 g/mol. The summed E-state index contributed by atoms with van der Waals surface area (Å²) in [5.74, 6) is 0.575. The van der Waals surface area contributed by atoms with Gasteiger partial charge in [0.25, 0.3) is 0 Å². The number of hydrogen-bond acceptors (Lipinski definition) is 6. The van der Waals surface area contributed by atoms with Crippen molar-refractivity contribution in [1.29, 1.82) is 0 Å². The van der Waals surface area contributed by atoms with E-state index in [1.807, 2.05) is 0 Å². The number of anilines is 1. The number of alkyl carbamates (subject to hydrolysis) is 1. The van der Waals surface area contributed by atoms with Gasteiger partial charge in [-0.15, -0.1) is 0 Å². The molecule has 0 bridgehead atoms. The van der Waals surface area contributed by atoms with E-state index in [-0.39, 0.29) is 12.5 Å². The van der Waals surface area contributed by atoms with Gasteiger partial charge in [0.05, 0.1) is 6.10 Å². The van der Waals surface area contributed by atoms with Crippen LogP contribution in [0.4, 0.5) is 10.6 Å². The third-order valence-electron chi connectivity index (χ3n) is 5.70. The Bertz CT molecular complexity index is 771. The number of fused-ring (bicyclic) bond motifs is 1. The molecule has 2 heterocycles. The number of hydrogen-bond donors (Lipinski definition) is 3. The average molecular weight is 434 g/mol. The fourth-order valence-electron chi connectivity index (χ4n) is 3.97. The Morgan fingerprint density at radius 1 is 1.32 bits per heavy atom. The number of carbonyl (C=O) groups is 2. The smallest absolute Gasteiger partial charge is 0.408 e. The Morgan fingerprint density at radius 2 is 2.10 bits per heavy atom. The first-order valence-corrected chi connectivity index (χ1v) is 11.3. The van der Waals surface area contributed by atoms with Gasteiger partial charge in [-0.25, -0.2) is 14.6 Å². The van der Waals surface area contributed by atoms with Gasteiger partial charge < -0.3 is 25.2 Å². The molecule has 0 saturated heterocycles. The Morgan fingerprint density at radius 3 is 2.81 bits per heavy atom. The Hall–Kier alpha value is -2.35. The molecule has 1 atom stereocenters. The molecule has 1 aromatic heterocycles. The van der Waals surface area contributed by atoms with Crippen LogP contribution in [0.5, 0.6) is 0 Å². The number of pyridine rings is 1. The quantitative estimate of drug-likeness (QED) is 0.546. The van der Waals surface area contributed by atoms with Crippen molar-refractivity contribution in [2.75, 3.05) is 18.5 Å². The van der Waals surface area contributed by atoms with Gasteiger partial charge in [-0.3, -0.25) is 0 Å². The molecule has 1 saturated carbocycles. The molecule has 1 amide bonds. The van der Waals surface area contributed by atoms with Crippen LogP contribution < -0.4 is 10.6 Å². The lowest BCUT2D eigenvalue weighted by Gasteiger charge is -2.35. The van der Waals surface area contributed by atoms with Gasteiger partial charge in [0.1, 0.15) is 17.5 Å². The molecule has 31 heavy (non-hydrogen) atoms. The molecular formula is C23H35N3O5. The minimum atomic E-state index is -1.09. The summed E-state index contributed by atoms with van der Waals surface area (Å²) < 4.78 is 10.9. The lowest BCUT2D eigenvalue weighted by molar-refractivity contribution is -0.140. The molecule has 1 unspecified atom stereocenters. The maximum absolute atomic E-state index is 11.8. The second-order valence-electron chi connectivity index (χ2n) is 9.54. The van der Waals surface area contributed by atoms with Gasteiger partial charge in [-0.1, -0.05) is 6.07 Å². The normalized spacial score (nSPS) is 21.3. The first kappa shape index (κ1) is 23.3. The SMILES string of the molecule is CC(C)(C)OC(=O)NC(CCO[C@H]1C[C@@H](CCc2ccc3c(n2)NCCC3)C1)C(=O)O. The summed E-state index contributed by atoms with van der Waals surface area (Å²) >= 11 is 0. The fraction of sp³-hybridized carbons (Fsp3) is 0.696. The van der Waals surface area contributed by atoms with E-state index in [0.717, 1.165) is 50.2 Å². The van der Waals surface area contributed by atoms with Crippen molar-refractivity contribution in [2.45, 2.75) is 83.5 Å². The highest BCUT2D eigenvalue weighted by Crippen LogP contribution is 2.34. The predicted molar refractivity (Wildman–Crippen MR) is 117 cm³/mol. The van der Waals surface area contributed by atoms with Gasteiger partial charge in [0.15, 0.2) is 0 Å². The van der Waals surface area contributed by atoms with Crippen molar-refractivity contribution in [3.63, 3.8) is 0 Å². The van der Waals surface area contributed by atoms with Crippen molar-refractivity contribution < 1.29 is 24.2 Å². The van der Waals surface area contributed by atoms with Crippen molar-refractivity contribution in [3.05, 3.63) is 23.4 Å². The highest BCUT2D eigenvalue weighted by molar-refractivity contribution is 5.79. The van der Waals surface area contributed by atoms with Crippen molar-refractivity contribution in [1.82, 2.24) is 10.3 Å². The summed E-state index contributed by atoms with van der Waals surface area (Å²) in [6.07, 6.45) is 5.95. The molecule has 1 aliphatic carbocycles. The standard InChI is InChI=1S/C23H35N3O5/c1-23(2,3)31-22(29)26-19(21(27)28)10-12-30-18-13-15(14-18)6-8-17-9-7-16-5-4-11-24-20(16)25-17/h7,9,15,18-19H,4-6,8,10-14H2,1-3H3,(H,24,25)(H,26,29)(H,27,28)/t15-,18+,19?. The topological polar surface area (TPSA) is 110 Å². The number of nitrogens with one attached hydrogen (secondary N) is 2. The number of ether oxygens (including phenoxy) is 2. The van der Waals surface area contributed by atoms with Crippen LogP contribution in [0.2, 0.25) is 0 Å². The van der Waals surface area contributed by atoms with Crippen molar-refractivity contribution >= 4 is 17.9 Å². The van der Waals surface area contributed by atoms with Gasteiger partial charge in [-0.2, -0.15) is 0 Å². The number of nitrogens with zero attached hydrogens (tertiary/aromatic N) is 1. The Labute approximate surface area is 184 Å². The second-order valence-corrected chi connectivity index (χ2v) is 9.54. The molecule has 8 heteroatoms. The number of carboxylic acids is 1. The van der Waals surface area contributed by atoms with Gasteiger partial charge in [0, 0.05) is 25.3 Å². The summed E-state index contributed by atoms with van der Waals surface area (Å²) in [6, 6.07) is 3.32. The molecule has 3 N–H and O–H groups in total. The van der Waals surface area contributed by atoms with Gasteiger partial charge in [0.2, 0.25) is 0 Å². The third-order valence-corrected chi connectivity index (χ3v) is 5.70. The molecule has 1 aliphatic heterocycles. The molecule has 172 valence electrons. The van der Waals surface area contributed by atoms with E-state index in [0.29, 0.717) is 12.5 Å². The number of rotatable bonds is 9. The minimum absolute atomic E-state index is 0.166. The van der Waals surface area contributed by atoms with E-state index in [9.17, 15) is 14.7 Å². The number of aliphatic carboxylic acids is 1. The van der Waals surface area contributed by atoms with E-state index >= 15 is 0 Å². The largest absolute Gasteiger partial charge is 0.480 e. The van der Waals surface area contributed by atoms with Crippen molar-refractivity contribution in [3.8, 4) is 0 Å². The molecule has 0 radical (unpaired) electrons. The first-order valence-electron chi connectivity index (χ1n) is 11.3. The molecule has 1 aromatic rings. The highest BCUT2D eigenvalue weighted by Gasteiger charge is 2.30.